The first-order valence-corrected chi connectivity index (χ1v) is 7.77. The van der Waals surface area contributed by atoms with Gasteiger partial charge in [-0.2, -0.15) is 13.2 Å². The fourth-order valence-electron chi connectivity index (χ4n) is 2.44. The third kappa shape index (κ3) is 4.71. The Morgan fingerprint density at radius 3 is 2.39 bits per heavy atom. The summed E-state index contributed by atoms with van der Waals surface area (Å²) in [5.74, 6) is 0.772. The molecule has 0 radical (unpaired) electrons. The molecular weight excluding hydrogens is 301 g/mol. The maximum atomic E-state index is 12.7. The standard InChI is InChI=1S/C18H21F3N2/c1-3-4-7-16(23-17-13(2)6-5-12-22-17)14-8-10-15(11-9-14)18(19,20)21/h5-6,8-12,16H,3-4,7H2,1-2H3,(H,22,23). The van der Waals surface area contributed by atoms with Crippen molar-refractivity contribution in [1.82, 2.24) is 4.98 Å². The van der Waals surface area contributed by atoms with Crippen molar-refractivity contribution in [2.24, 2.45) is 0 Å². The second kappa shape index (κ2) is 7.49. The molecule has 1 aromatic heterocycles. The summed E-state index contributed by atoms with van der Waals surface area (Å²) in [6.07, 6.45) is 0.268. The minimum atomic E-state index is -4.30. The lowest BCUT2D eigenvalue weighted by atomic mass is 9.99. The van der Waals surface area contributed by atoms with Gasteiger partial charge in [-0.3, -0.25) is 0 Å². The minimum Gasteiger partial charge on any atom is -0.363 e. The molecule has 2 rings (SSSR count). The van der Waals surface area contributed by atoms with Crippen molar-refractivity contribution in [2.45, 2.75) is 45.3 Å². The molecule has 1 aromatic carbocycles. The fourth-order valence-corrected chi connectivity index (χ4v) is 2.44. The largest absolute Gasteiger partial charge is 0.416 e. The molecule has 0 amide bonds. The van der Waals surface area contributed by atoms with Crippen LogP contribution in [0.4, 0.5) is 19.0 Å². The number of benzene rings is 1. The molecule has 5 heteroatoms. The topological polar surface area (TPSA) is 24.9 Å². The normalized spacial score (nSPS) is 12.9. The van der Waals surface area contributed by atoms with E-state index in [0.717, 1.165) is 48.3 Å². The number of pyridine rings is 1. The highest BCUT2D eigenvalue weighted by atomic mass is 19.4. The molecule has 0 aliphatic rings. The molecule has 0 fully saturated rings. The van der Waals surface area contributed by atoms with E-state index in [4.69, 9.17) is 0 Å². The maximum Gasteiger partial charge on any atom is 0.416 e. The van der Waals surface area contributed by atoms with Gasteiger partial charge in [0, 0.05) is 6.20 Å². The van der Waals surface area contributed by atoms with Crippen LogP contribution < -0.4 is 5.32 Å². The number of nitrogens with zero attached hydrogens (tertiary/aromatic N) is 1. The minimum absolute atomic E-state index is 0.0502. The van der Waals surface area contributed by atoms with Crippen LogP contribution in [0, 0.1) is 6.92 Å². The lowest BCUT2D eigenvalue weighted by Crippen LogP contribution is -2.13. The number of hydrogen-bond donors (Lipinski definition) is 1. The van der Waals surface area contributed by atoms with Crippen molar-refractivity contribution in [3.8, 4) is 0 Å². The summed E-state index contributed by atoms with van der Waals surface area (Å²) < 4.78 is 38.1. The van der Waals surface area contributed by atoms with Crippen molar-refractivity contribution >= 4 is 5.82 Å². The second-order valence-electron chi connectivity index (χ2n) is 5.63. The summed E-state index contributed by atoms with van der Waals surface area (Å²) >= 11 is 0. The van der Waals surface area contributed by atoms with Gasteiger partial charge in [-0.25, -0.2) is 4.98 Å². The van der Waals surface area contributed by atoms with Gasteiger partial charge in [0.15, 0.2) is 0 Å². The molecule has 1 atom stereocenters. The van der Waals surface area contributed by atoms with Gasteiger partial charge in [-0.15, -0.1) is 0 Å². The first-order valence-electron chi connectivity index (χ1n) is 7.77. The van der Waals surface area contributed by atoms with Crippen LogP contribution in [0.3, 0.4) is 0 Å². The van der Waals surface area contributed by atoms with E-state index in [-0.39, 0.29) is 6.04 Å². The predicted octanol–water partition coefficient (Wildman–Crippen LogP) is 5.75. The molecule has 0 saturated heterocycles. The van der Waals surface area contributed by atoms with E-state index < -0.39 is 11.7 Å². The van der Waals surface area contributed by atoms with Crippen molar-refractivity contribution in [1.29, 1.82) is 0 Å². The Balaban J connectivity index is 2.22. The molecule has 124 valence electrons. The first-order chi connectivity index (χ1) is 10.9. The zero-order valence-corrected chi connectivity index (χ0v) is 13.3. The predicted molar refractivity (Wildman–Crippen MR) is 86.3 cm³/mol. The summed E-state index contributed by atoms with van der Waals surface area (Å²) in [7, 11) is 0. The number of nitrogens with one attached hydrogen (secondary N) is 1. The third-order valence-corrected chi connectivity index (χ3v) is 3.81. The van der Waals surface area contributed by atoms with Gasteiger partial charge in [0.25, 0.3) is 0 Å². The molecule has 0 saturated carbocycles. The van der Waals surface area contributed by atoms with Crippen molar-refractivity contribution < 1.29 is 13.2 Å². The maximum absolute atomic E-state index is 12.7. The molecule has 0 aliphatic carbocycles. The van der Waals surface area contributed by atoms with E-state index in [1.54, 1.807) is 18.3 Å². The van der Waals surface area contributed by atoms with E-state index in [1.165, 1.54) is 0 Å². The van der Waals surface area contributed by atoms with Crippen molar-refractivity contribution in [3.05, 3.63) is 59.3 Å². The molecule has 0 spiro atoms. The summed E-state index contributed by atoms with van der Waals surface area (Å²) in [5.41, 5.74) is 1.24. The van der Waals surface area contributed by atoms with Gasteiger partial charge in [-0.05, 0) is 42.7 Å². The number of aryl methyl sites for hydroxylation is 1. The molecule has 1 heterocycles. The number of halogens is 3. The second-order valence-corrected chi connectivity index (χ2v) is 5.63. The highest BCUT2D eigenvalue weighted by Gasteiger charge is 2.30. The summed E-state index contributed by atoms with van der Waals surface area (Å²) in [6.45, 7) is 4.05. The van der Waals surface area contributed by atoms with Crippen LogP contribution >= 0.6 is 0 Å². The van der Waals surface area contributed by atoms with Gasteiger partial charge in [0.05, 0.1) is 11.6 Å². The molecule has 1 N–H and O–H groups in total. The van der Waals surface area contributed by atoms with Crippen LogP contribution in [-0.2, 0) is 6.18 Å². The lowest BCUT2D eigenvalue weighted by molar-refractivity contribution is -0.137. The zero-order valence-electron chi connectivity index (χ0n) is 13.3. The Kier molecular flexibility index (Phi) is 5.64. The van der Waals surface area contributed by atoms with Gasteiger partial charge in [0.2, 0.25) is 0 Å². The van der Waals surface area contributed by atoms with Gasteiger partial charge in [-0.1, -0.05) is 38.0 Å². The van der Waals surface area contributed by atoms with E-state index in [0.29, 0.717) is 0 Å². The molecular formula is C18H21F3N2. The Morgan fingerprint density at radius 2 is 1.83 bits per heavy atom. The average Bonchev–Trinajstić information content (AvgIpc) is 2.52. The van der Waals surface area contributed by atoms with Crippen LogP contribution in [0.15, 0.2) is 42.6 Å². The SMILES string of the molecule is CCCCC(Nc1ncccc1C)c1ccc(C(F)(F)F)cc1. The zero-order chi connectivity index (χ0) is 16.9. The Labute approximate surface area is 134 Å². The van der Waals surface area contributed by atoms with Crippen LogP contribution in [0.25, 0.3) is 0 Å². The first kappa shape index (κ1) is 17.3. The summed E-state index contributed by atoms with van der Waals surface area (Å²) in [5, 5.41) is 3.36. The van der Waals surface area contributed by atoms with Gasteiger partial charge in [0.1, 0.15) is 5.82 Å². The molecule has 2 nitrogen and oxygen atoms in total. The van der Waals surface area contributed by atoms with E-state index in [1.807, 2.05) is 19.1 Å². The number of unbranched alkanes of at least 4 members (excludes halogenated alkanes) is 1. The Bertz CT molecular complexity index is 621. The number of rotatable bonds is 6. The summed E-state index contributed by atoms with van der Waals surface area (Å²) in [4.78, 5) is 4.32. The van der Waals surface area contributed by atoms with Crippen LogP contribution in [-0.4, -0.2) is 4.98 Å². The fraction of sp³-hybridized carbons (Fsp3) is 0.389. The number of aromatic nitrogens is 1. The molecule has 23 heavy (non-hydrogen) atoms. The monoisotopic (exact) mass is 322 g/mol. The quantitative estimate of drug-likeness (QED) is 0.732. The van der Waals surface area contributed by atoms with E-state index in [9.17, 15) is 13.2 Å². The number of alkyl halides is 3. The van der Waals surface area contributed by atoms with E-state index in [2.05, 4.69) is 17.2 Å². The van der Waals surface area contributed by atoms with Crippen molar-refractivity contribution in [2.75, 3.05) is 5.32 Å². The third-order valence-electron chi connectivity index (χ3n) is 3.81. The number of anilines is 1. The van der Waals surface area contributed by atoms with E-state index >= 15 is 0 Å². The van der Waals surface area contributed by atoms with Gasteiger partial charge >= 0.3 is 6.18 Å². The smallest absolute Gasteiger partial charge is 0.363 e. The van der Waals surface area contributed by atoms with Gasteiger partial charge < -0.3 is 5.32 Å². The average molecular weight is 322 g/mol. The highest BCUT2D eigenvalue weighted by molar-refractivity contribution is 5.45. The van der Waals surface area contributed by atoms with Crippen molar-refractivity contribution in [3.63, 3.8) is 0 Å². The highest BCUT2D eigenvalue weighted by Crippen LogP contribution is 2.31. The Hall–Kier alpha value is -2.04. The molecule has 0 bridgehead atoms. The summed E-state index contributed by atoms with van der Waals surface area (Å²) in [6, 6.07) is 9.15. The molecule has 2 aromatic rings. The Morgan fingerprint density at radius 1 is 1.13 bits per heavy atom. The molecule has 1 unspecified atom stereocenters. The lowest BCUT2D eigenvalue weighted by Gasteiger charge is -2.21. The molecule has 0 aliphatic heterocycles. The van der Waals surface area contributed by atoms with Crippen LogP contribution in [0.1, 0.15) is 48.9 Å². The van der Waals surface area contributed by atoms with Crippen LogP contribution in [0.5, 0.6) is 0 Å². The van der Waals surface area contributed by atoms with Crippen LogP contribution in [0.2, 0.25) is 0 Å². The number of hydrogen-bond acceptors (Lipinski definition) is 2.